The second-order valence-electron chi connectivity index (χ2n) is 10.3. The van der Waals surface area contributed by atoms with E-state index in [0.29, 0.717) is 58.3 Å². The van der Waals surface area contributed by atoms with Crippen molar-refractivity contribution in [2.45, 2.75) is 49.7 Å². The topological polar surface area (TPSA) is 108 Å². The van der Waals surface area contributed by atoms with Gasteiger partial charge in [0.25, 0.3) is 0 Å². The molecule has 244 valence electrons. The van der Waals surface area contributed by atoms with Crippen LogP contribution < -0.4 is 29.0 Å². The number of anilines is 1. The molecular formula is C33H41BrN2O8S. The molecule has 1 aliphatic heterocycles. The average molecular weight is 706 g/mol. The van der Waals surface area contributed by atoms with Gasteiger partial charge in [-0.25, -0.2) is 9.86 Å². The molecule has 3 aromatic rings. The van der Waals surface area contributed by atoms with Crippen LogP contribution in [0.2, 0.25) is 0 Å². The number of methoxy groups -OCH3 is 4. The van der Waals surface area contributed by atoms with Gasteiger partial charge < -0.3 is 33.7 Å². The SMILES string of the molecule is CCCCN(O)C(=O)Nc1cc([C@@H]2CC[C@@H](c3cc(OC)c(OC)c(OC)c3)O2)cc(OC)c1OCCSc1cccc(Br)c1. The number of unbranched alkanes of at least 4 members (excludes halogenated alkanes) is 1. The maximum absolute atomic E-state index is 13.0. The largest absolute Gasteiger partial charge is 0.493 e. The standard InChI is InChI=1S/C33H41BrN2O8S/c1-6-7-13-36(38)33(37)35-25-16-21(17-28(39-2)31(25)43-14-15-45-24-10-8-9-23(34)20-24)26-11-12-27(44-26)22-18-29(40-3)32(42-5)30(19-22)41-4/h8-10,16-20,26-27,38H,6-7,11-15H2,1-5H3,(H,35,37)/t26-,27-/m0/s1. The molecule has 3 aromatic carbocycles. The fourth-order valence-corrected chi connectivity index (χ4v) is 6.41. The smallest absolute Gasteiger partial charge is 0.345 e. The van der Waals surface area contributed by atoms with Crippen LogP contribution in [-0.4, -0.2) is 63.6 Å². The van der Waals surface area contributed by atoms with Crippen LogP contribution in [0.25, 0.3) is 0 Å². The lowest BCUT2D eigenvalue weighted by Crippen LogP contribution is -2.33. The molecule has 2 N–H and O–H groups in total. The van der Waals surface area contributed by atoms with Crippen LogP contribution in [0.3, 0.4) is 0 Å². The molecule has 1 saturated heterocycles. The minimum Gasteiger partial charge on any atom is -0.493 e. The minimum absolute atomic E-state index is 0.209. The van der Waals surface area contributed by atoms with E-state index in [-0.39, 0.29) is 18.8 Å². The zero-order chi connectivity index (χ0) is 32.3. The Kier molecular flexibility index (Phi) is 12.9. The van der Waals surface area contributed by atoms with Crippen molar-refractivity contribution < 1.29 is 38.4 Å². The zero-order valence-corrected chi connectivity index (χ0v) is 28.7. The van der Waals surface area contributed by atoms with Crippen molar-refractivity contribution in [3.05, 3.63) is 64.1 Å². The highest BCUT2D eigenvalue weighted by Crippen LogP contribution is 2.48. The number of urea groups is 1. The summed E-state index contributed by atoms with van der Waals surface area (Å²) < 4.78 is 36.1. The highest BCUT2D eigenvalue weighted by molar-refractivity contribution is 9.10. The van der Waals surface area contributed by atoms with E-state index in [9.17, 15) is 10.0 Å². The van der Waals surface area contributed by atoms with E-state index < -0.39 is 6.03 Å². The molecule has 0 aliphatic carbocycles. The summed E-state index contributed by atoms with van der Waals surface area (Å²) in [7, 11) is 6.29. The Hall–Kier alpha value is -3.32. The van der Waals surface area contributed by atoms with Gasteiger partial charge in [0.2, 0.25) is 5.75 Å². The lowest BCUT2D eigenvalue weighted by atomic mass is 10.0. The van der Waals surface area contributed by atoms with E-state index in [4.69, 9.17) is 28.4 Å². The third-order valence-electron chi connectivity index (χ3n) is 7.34. The summed E-state index contributed by atoms with van der Waals surface area (Å²) in [6, 6.07) is 14.9. The molecule has 45 heavy (non-hydrogen) atoms. The third kappa shape index (κ3) is 8.90. The molecule has 2 atom stereocenters. The number of hydrogen-bond acceptors (Lipinski definition) is 9. The number of carbonyl (C=O) groups is 1. The molecule has 2 amide bonds. The van der Waals surface area contributed by atoms with E-state index in [1.54, 1.807) is 40.2 Å². The maximum Gasteiger partial charge on any atom is 0.345 e. The van der Waals surface area contributed by atoms with Crippen LogP contribution >= 0.6 is 27.7 Å². The number of nitrogens with zero attached hydrogens (tertiary/aromatic N) is 1. The number of hydrogen-bond donors (Lipinski definition) is 2. The number of carbonyl (C=O) groups excluding carboxylic acids is 1. The lowest BCUT2D eigenvalue weighted by Gasteiger charge is -2.22. The Morgan fingerprint density at radius 3 is 2.16 bits per heavy atom. The highest BCUT2D eigenvalue weighted by atomic mass is 79.9. The molecule has 0 bridgehead atoms. The summed E-state index contributed by atoms with van der Waals surface area (Å²) in [4.78, 5) is 14.1. The van der Waals surface area contributed by atoms with E-state index in [1.807, 2.05) is 55.5 Å². The molecule has 0 saturated carbocycles. The fourth-order valence-electron chi connectivity index (χ4n) is 5.07. The summed E-state index contributed by atoms with van der Waals surface area (Å²) in [6.45, 7) is 2.56. The van der Waals surface area contributed by atoms with Gasteiger partial charge in [0.05, 0.1) is 59.5 Å². The summed E-state index contributed by atoms with van der Waals surface area (Å²) in [5, 5.41) is 13.9. The van der Waals surface area contributed by atoms with Gasteiger partial charge >= 0.3 is 6.03 Å². The van der Waals surface area contributed by atoms with Crippen LogP contribution in [0.1, 0.15) is 55.9 Å². The molecular weight excluding hydrogens is 664 g/mol. The van der Waals surface area contributed by atoms with Crippen LogP contribution in [0.15, 0.2) is 57.9 Å². The van der Waals surface area contributed by atoms with E-state index in [1.165, 1.54) is 0 Å². The van der Waals surface area contributed by atoms with Gasteiger partial charge in [-0.1, -0.05) is 35.3 Å². The molecule has 0 spiro atoms. The highest BCUT2D eigenvalue weighted by Gasteiger charge is 2.31. The second kappa shape index (κ2) is 16.8. The zero-order valence-electron chi connectivity index (χ0n) is 26.3. The Bertz CT molecular complexity index is 1420. The Morgan fingerprint density at radius 2 is 1.58 bits per heavy atom. The van der Waals surface area contributed by atoms with E-state index in [2.05, 4.69) is 21.2 Å². The summed E-state index contributed by atoms with van der Waals surface area (Å²) in [5.41, 5.74) is 2.10. The van der Waals surface area contributed by atoms with Gasteiger partial charge in [-0.3, -0.25) is 5.21 Å². The van der Waals surface area contributed by atoms with Gasteiger partial charge in [0.15, 0.2) is 23.0 Å². The van der Waals surface area contributed by atoms with Gasteiger partial charge in [-0.2, -0.15) is 0 Å². The van der Waals surface area contributed by atoms with Gasteiger partial charge in [-0.05, 0) is 72.9 Å². The molecule has 1 heterocycles. The Labute approximate surface area is 277 Å². The van der Waals surface area contributed by atoms with Crippen molar-refractivity contribution >= 4 is 39.4 Å². The number of nitrogens with one attached hydrogen (secondary N) is 1. The van der Waals surface area contributed by atoms with Crippen molar-refractivity contribution in [3.8, 4) is 28.7 Å². The average Bonchev–Trinajstić information content (AvgIpc) is 3.55. The molecule has 0 aromatic heterocycles. The number of amides is 2. The minimum atomic E-state index is -0.654. The van der Waals surface area contributed by atoms with Gasteiger partial charge in [0.1, 0.15) is 0 Å². The number of ether oxygens (including phenoxy) is 6. The molecule has 1 fully saturated rings. The number of hydroxylamine groups is 2. The summed E-state index contributed by atoms with van der Waals surface area (Å²) >= 11 is 5.16. The molecule has 4 rings (SSSR count). The third-order valence-corrected chi connectivity index (χ3v) is 8.79. The van der Waals surface area contributed by atoms with Crippen molar-refractivity contribution in [1.82, 2.24) is 5.06 Å². The number of thioether (sulfide) groups is 1. The molecule has 0 radical (unpaired) electrons. The van der Waals surface area contributed by atoms with Crippen molar-refractivity contribution in [2.75, 3.05) is 52.7 Å². The fraction of sp³-hybridized carbons (Fsp3) is 0.424. The quantitative estimate of drug-likeness (QED) is 0.0699. The Morgan fingerprint density at radius 1 is 0.956 bits per heavy atom. The number of halogens is 1. The van der Waals surface area contributed by atoms with Crippen LogP contribution in [-0.2, 0) is 4.74 Å². The Balaban J connectivity index is 1.57. The summed E-state index contributed by atoms with van der Waals surface area (Å²) in [6.07, 6.45) is 2.47. The van der Waals surface area contributed by atoms with Crippen LogP contribution in [0, 0.1) is 0 Å². The molecule has 10 nitrogen and oxygen atoms in total. The molecule has 0 unspecified atom stereocenters. The second-order valence-corrected chi connectivity index (χ2v) is 12.4. The van der Waals surface area contributed by atoms with E-state index >= 15 is 0 Å². The van der Waals surface area contributed by atoms with Gasteiger partial charge in [0, 0.05) is 15.1 Å². The first-order chi connectivity index (χ1) is 21.8. The first-order valence-corrected chi connectivity index (χ1v) is 16.5. The van der Waals surface area contributed by atoms with Crippen molar-refractivity contribution in [3.63, 3.8) is 0 Å². The van der Waals surface area contributed by atoms with Crippen molar-refractivity contribution in [2.24, 2.45) is 0 Å². The van der Waals surface area contributed by atoms with Crippen molar-refractivity contribution in [1.29, 1.82) is 0 Å². The van der Waals surface area contributed by atoms with E-state index in [0.717, 1.165) is 39.8 Å². The van der Waals surface area contributed by atoms with Crippen LogP contribution in [0.5, 0.6) is 28.7 Å². The lowest BCUT2D eigenvalue weighted by molar-refractivity contribution is -0.0379. The number of benzene rings is 3. The predicted octanol–water partition coefficient (Wildman–Crippen LogP) is 8.27. The van der Waals surface area contributed by atoms with Crippen LogP contribution in [0.4, 0.5) is 10.5 Å². The maximum atomic E-state index is 13.0. The first kappa shape index (κ1) is 34.6. The summed E-state index contributed by atoms with van der Waals surface area (Å²) in [5.74, 6) is 3.13. The predicted molar refractivity (Wildman–Crippen MR) is 178 cm³/mol. The normalized spacial score (nSPS) is 15.8. The van der Waals surface area contributed by atoms with Gasteiger partial charge in [-0.15, -0.1) is 11.8 Å². The molecule has 1 aliphatic rings. The molecule has 12 heteroatoms. The number of rotatable bonds is 15. The first-order valence-electron chi connectivity index (χ1n) is 14.8. The monoisotopic (exact) mass is 704 g/mol.